The van der Waals surface area contributed by atoms with Gasteiger partial charge < -0.3 is 4.90 Å². The maximum Gasteiger partial charge on any atom is 0.240 e. The molecule has 0 radical (unpaired) electrons. The van der Waals surface area contributed by atoms with Gasteiger partial charge in [-0.25, -0.2) is 0 Å². The number of carbonyl (C=O) groups excluding carboxylic acids is 1. The van der Waals surface area contributed by atoms with Gasteiger partial charge in [-0.1, -0.05) is 42.8 Å². The van der Waals surface area contributed by atoms with Crippen LogP contribution in [0.15, 0.2) is 35.9 Å². The van der Waals surface area contributed by atoms with Crippen molar-refractivity contribution >= 4 is 5.91 Å². The summed E-state index contributed by atoms with van der Waals surface area (Å²) in [5.41, 5.74) is 4.11. The van der Waals surface area contributed by atoms with E-state index in [1.165, 1.54) is 16.7 Å². The molecule has 2 aliphatic heterocycles. The Morgan fingerprint density at radius 1 is 1.29 bits per heavy atom. The molecule has 1 aromatic carbocycles. The van der Waals surface area contributed by atoms with Gasteiger partial charge in [-0.05, 0) is 37.4 Å². The Balaban J connectivity index is 1.79. The van der Waals surface area contributed by atoms with Crippen molar-refractivity contribution < 1.29 is 4.79 Å². The molecule has 3 heteroatoms. The number of hydrogen-bond donors (Lipinski definition) is 0. The van der Waals surface area contributed by atoms with Gasteiger partial charge >= 0.3 is 0 Å². The first-order chi connectivity index (χ1) is 10.2. The molecule has 2 aliphatic rings. The first kappa shape index (κ1) is 14.3. The maximum atomic E-state index is 12.9. The van der Waals surface area contributed by atoms with E-state index in [4.69, 9.17) is 0 Å². The van der Waals surface area contributed by atoms with Gasteiger partial charge in [-0.3, -0.25) is 9.69 Å². The Hall–Kier alpha value is -1.61. The average Bonchev–Trinajstić information content (AvgIpc) is 2.53. The molecule has 0 aliphatic carbocycles. The number of amides is 1. The molecule has 0 N–H and O–H groups in total. The summed E-state index contributed by atoms with van der Waals surface area (Å²) in [6.45, 7) is 7.77. The molecular weight excluding hydrogens is 260 g/mol. The lowest BCUT2D eigenvalue weighted by molar-refractivity contribution is -0.137. The summed E-state index contributed by atoms with van der Waals surface area (Å²) in [5, 5.41) is 0. The monoisotopic (exact) mass is 284 g/mol. The molecule has 0 fully saturated rings. The summed E-state index contributed by atoms with van der Waals surface area (Å²) < 4.78 is 0. The third-order valence-corrected chi connectivity index (χ3v) is 4.78. The van der Waals surface area contributed by atoms with E-state index >= 15 is 0 Å². The van der Waals surface area contributed by atoms with Crippen molar-refractivity contribution in [2.24, 2.45) is 0 Å². The fourth-order valence-corrected chi connectivity index (χ4v) is 3.33. The summed E-state index contributed by atoms with van der Waals surface area (Å²) in [5.74, 6) is 0.301. The first-order valence-electron chi connectivity index (χ1n) is 7.94. The van der Waals surface area contributed by atoms with Gasteiger partial charge in [-0.2, -0.15) is 0 Å². The van der Waals surface area contributed by atoms with Crippen LogP contribution in [0.5, 0.6) is 0 Å². The van der Waals surface area contributed by atoms with E-state index in [0.29, 0.717) is 5.91 Å². The molecular formula is C18H24N2O. The second-order valence-electron chi connectivity index (χ2n) is 6.14. The van der Waals surface area contributed by atoms with Gasteiger partial charge in [0.1, 0.15) is 0 Å². The molecule has 21 heavy (non-hydrogen) atoms. The Morgan fingerprint density at radius 3 is 2.71 bits per heavy atom. The normalized spacial score (nSPS) is 22.7. The van der Waals surface area contributed by atoms with Crippen molar-refractivity contribution in [2.45, 2.75) is 39.3 Å². The van der Waals surface area contributed by atoms with Gasteiger partial charge in [0.05, 0.1) is 6.04 Å². The minimum Gasteiger partial charge on any atom is -0.337 e. The quantitative estimate of drug-likeness (QED) is 0.779. The highest BCUT2D eigenvalue weighted by Crippen LogP contribution is 2.25. The SMILES string of the molecule is CCN1Cc2ccccc2C[C@H]1C(=O)N1CC=C(C)CC1. The van der Waals surface area contributed by atoms with Crippen LogP contribution >= 0.6 is 0 Å². The van der Waals surface area contributed by atoms with Crippen molar-refractivity contribution in [3.8, 4) is 0 Å². The lowest BCUT2D eigenvalue weighted by Crippen LogP contribution is -2.52. The van der Waals surface area contributed by atoms with Crippen LogP contribution in [0.4, 0.5) is 0 Å². The Bertz CT molecular complexity index is 564. The maximum absolute atomic E-state index is 12.9. The van der Waals surface area contributed by atoms with E-state index in [9.17, 15) is 4.79 Å². The number of nitrogens with zero attached hydrogens (tertiary/aromatic N) is 2. The van der Waals surface area contributed by atoms with Gasteiger partial charge in [-0.15, -0.1) is 0 Å². The highest BCUT2D eigenvalue weighted by molar-refractivity contribution is 5.83. The largest absolute Gasteiger partial charge is 0.337 e. The molecule has 0 bridgehead atoms. The Kier molecular flexibility index (Phi) is 4.11. The van der Waals surface area contributed by atoms with Crippen LogP contribution in [0.1, 0.15) is 31.4 Å². The molecule has 3 nitrogen and oxygen atoms in total. The van der Waals surface area contributed by atoms with E-state index in [-0.39, 0.29) is 6.04 Å². The third-order valence-electron chi connectivity index (χ3n) is 4.78. The Morgan fingerprint density at radius 2 is 2.05 bits per heavy atom. The van der Waals surface area contributed by atoms with Crippen molar-refractivity contribution in [2.75, 3.05) is 19.6 Å². The third kappa shape index (κ3) is 2.88. The molecule has 112 valence electrons. The molecule has 1 atom stereocenters. The van der Waals surface area contributed by atoms with Crippen LogP contribution in [-0.2, 0) is 17.8 Å². The van der Waals surface area contributed by atoms with E-state index < -0.39 is 0 Å². The van der Waals surface area contributed by atoms with E-state index in [1.807, 2.05) is 4.90 Å². The van der Waals surface area contributed by atoms with Crippen LogP contribution in [0, 0.1) is 0 Å². The van der Waals surface area contributed by atoms with Crippen molar-refractivity contribution in [1.29, 1.82) is 0 Å². The van der Waals surface area contributed by atoms with Crippen molar-refractivity contribution in [1.82, 2.24) is 9.80 Å². The summed E-state index contributed by atoms with van der Waals surface area (Å²) in [6.07, 6.45) is 4.05. The van der Waals surface area contributed by atoms with E-state index in [0.717, 1.165) is 39.0 Å². The minimum atomic E-state index is 0.0108. The van der Waals surface area contributed by atoms with Crippen LogP contribution in [0.2, 0.25) is 0 Å². The second kappa shape index (κ2) is 6.02. The van der Waals surface area contributed by atoms with Crippen LogP contribution < -0.4 is 0 Å². The average molecular weight is 284 g/mol. The molecule has 1 aromatic rings. The Labute approximate surface area is 127 Å². The lowest BCUT2D eigenvalue weighted by atomic mass is 9.93. The molecule has 2 heterocycles. The second-order valence-corrected chi connectivity index (χ2v) is 6.14. The summed E-state index contributed by atoms with van der Waals surface area (Å²) in [4.78, 5) is 17.2. The minimum absolute atomic E-state index is 0.0108. The fraction of sp³-hybridized carbons (Fsp3) is 0.500. The number of hydrogen-bond acceptors (Lipinski definition) is 2. The zero-order valence-electron chi connectivity index (χ0n) is 13.0. The smallest absolute Gasteiger partial charge is 0.240 e. The van der Waals surface area contributed by atoms with Gasteiger partial charge in [0.2, 0.25) is 5.91 Å². The highest BCUT2D eigenvalue weighted by Gasteiger charge is 2.33. The van der Waals surface area contributed by atoms with Gasteiger partial charge in [0, 0.05) is 19.6 Å². The van der Waals surface area contributed by atoms with E-state index in [2.05, 4.69) is 49.1 Å². The molecule has 1 amide bonds. The van der Waals surface area contributed by atoms with Crippen LogP contribution in [-0.4, -0.2) is 41.4 Å². The number of rotatable bonds is 2. The zero-order chi connectivity index (χ0) is 14.8. The van der Waals surface area contributed by atoms with Gasteiger partial charge in [0.15, 0.2) is 0 Å². The number of fused-ring (bicyclic) bond motifs is 1. The summed E-state index contributed by atoms with van der Waals surface area (Å²) >= 11 is 0. The van der Waals surface area contributed by atoms with Crippen molar-refractivity contribution in [3.05, 3.63) is 47.0 Å². The first-order valence-corrected chi connectivity index (χ1v) is 7.94. The number of benzene rings is 1. The van der Waals surface area contributed by atoms with Crippen molar-refractivity contribution in [3.63, 3.8) is 0 Å². The zero-order valence-corrected chi connectivity index (χ0v) is 13.0. The fourth-order valence-electron chi connectivity index (χ4n) is 3.33. The molecule has 0 saturated carbocycles. The lowest BCUT2D eigenvalue weighted by Gasteiger charge is -2.38. The number of carbonyl (C=O) groups is 1. The topological polar surface area (TPSA) is 23.6 Å². The predicted molar refractivity (Wildman–Crippen MR) is 85.0 cm³/mol. The molecule has 0 saturated heterocycles. The highest BCUT2D eigenvalue weighted by atomic mass is 16.2. The van der Waals surface area contributed by atoms with Crippen LogP contribution in [0.25, 0.3) is 0 Å². The predicted octanol–water partition coefficient (Wildman–Crippen LogP) is 2.61. The standard InChI is InChI=1S/C18H24N2O/c1-3-19-13-16-7-5-4-6-15(16)12-17(19)18(21)20-10-8-14(2)9-11-20/h4-8,17H,3,9-13H2,1-2H3/t17-/m0/s1. The van der Waals surface area contributed by atoms with E-state index in [1.54, 1.807) is 0 Å². The van der Waals surface area contributed by atoms with Crippen LogP contribution in [0.3, 0.4) is 0 Å². The summed E-state index contributed by atoms with van der Waals surface area (Å²) in [7, 11) is 0. The molecule has 3 rings (SSSR count). The number of likely N-dealkylation sites (N-methyl/N-ethyl adjacent to an activating group) is 1. The molecule has 0 spiro atoms. The summed E-state index contributed by atoms with van der Waals surface area (Å²) in [6, 6.07) is 8.54. The van der Waals surface area contributed by atoms with Gasteiger partial charge in [0.25, 0.3) is 0 Å². The molecule has 0 unspecified atom stereocenters. The molecule has 0 aromatic heterocycles.